The monoisotopic (exact) mass is 753 g/mol. The van der Waals surface area contributed by atoms with Gasteiger partial charge in [0, 0.05) is 32.8 Å². The maximum atomic E-state index is 6.96. The molecule has 0 unspecified atom stereocenters. The van der Waals surface area contributed by atoms with Gasteiger partial charge in [0.2, 0.25) is 0 Å². The van der Waals surface area contributed by atoms with Gasteiger partial charge in [-0.2, -0.15) is 0 Å². The Labute approximate surface area is 340 Å². The molecule has 4 heteroatoms. The number of para-hydroxylation sites is 3. The van der Waals surface area contributed by atoms with Crippen molar-refractivity contribution in [1.82, 2.24) is 14.1 Å². The lowest BCUT2D eigenvalue weighted by molar-refractivity contribution is 0.666. The molecular formula is C55H35N3O. The summed E-state index contributed by atoms with van der Waals surface area (Å²) in [5.41, 5.74) is 16.2. The van der Waals surface area contributed by atoms with E-state index in [0.717, 1.165) is 77.9 Å². The van der Waals surface area contributed by atoms with E-state index in [-0.39, 0.29) is 0 Å². The van der Waals surface area contributed by atoms with Crippen LogP contribution in [0.15, 0.2) is 217 Å². The zero-order chi connectivity index (χ0) is 38.9. The van der Waals surface area contributed by atoms with E-state index in [9.17, 15) is 0 Å². The van der Waals surface area contributed by atoms with Crippen molar-refractivity contribution in [3.05, 3.63) is 212 Å². The van der Waals surface area contributed by atoms with E-state index < -0.39 is 0 Å². The number of hydrogen-bond donors (Lipinski definition) is 0. The molecule has 0 aliphatic carbocycles. The van der Waals surface area contributed by atoms with Crippen molar-refractivity contribution in [2.75, 3.05) is 0 Å². The van der Waals surface area contributed by atoms with Gasteiger partial charge in [-0.15, -0.1) is 0 Å². The fourth-order valence-corrected chi connectivity index (χ4v) is 8.91. The van der Waals surface area contributed by atoms with Crippen LogP contribution in [0.25, 0.3) is 111 Å². The predicted octanol–water partition coefficient (Wildman–Crippen LogP) is 14.7. The number of imidazole rings is 1. The van der Waals surface area contributed by atoms with Gasteiger partial charge < -0.3 is 8.98 Å². The van der Waals surface area contributed by atoms with Crippen LogP contribution in [0.1, 0.15) is 0 Å². The zero-order valence-electron chi connectivity index (χ0n) is 32.0. The first-order valence-corrected chi connectivity index (χ1v) is 20.0. The Morgan fingerprint density at radius 2 is 0.864 bits per heavy atom. The molecule has 0 aliphatic rings. The van der Waals surface area contributed by atoms with E-state index in [0.29, 0.717) is 0 Å². The number of hydrogen-bond acceptors (Lipinski definition) is 2. The van der Waals surface area contributed by atoms with Crippen LogP contribution in [0.5, 0.6) is 0 Å². The third kappa shape index (κ3) is 5.42. The maximum Gasteiger partial charge on any atom is 0.159 e. The van der Waals surface area contributed by atoms with Crippen molar-refractivity contribution in [2.45, 2.75) is 0 Å². The molecule has 12 aromatic rings. The summed E-state index contributed by atoms with van der Waals surface area (Å²) in [6.45, 7) is 0. The minimum absolute atomic E-state index is 0.858. The van der Waals surface area contributed by atoms with Crippen LogP contribution in [0.2, 0.25) is 0 Å². The second-order valence-corrected chi connectivity index (χ2v) is 15.2. The van der Waals surface area contributed by atoms with Gasteiger partial charge in [-0.05, 0) is 88.0 Å². The number of furan rings is 1. The highest BCUT2D eigenvalue weighted by atomic mass is 16.3. The van der Waals surface area contributed by atoms with Crippen molar-refractivity contribution < 1.29 is 4.42 Å². The first kappa shape index (κ1) is 33.2. The summed E-state index contributed by atoms with van der Waals surface area (Å²) in [5.74, 6) is 0.926. The summed E-state index contributed by atoms with van der Waals surface area (Å²) >= 11 is 0. The number of aromatic nitrogens is 3. The molecular weight excluding hydrogens is 719 g/mol. The van der Waals surface area contributed by atoms with Gasteiger partial charge in [0.1, 0.15) is 11.4 Å². The van der Waals surface area contributed by atoms with Crippen molar-refractivity contribution in [2.24, 2.45) is 0 Å². The minimum atomic E-state index is 0.858. The highest BCUT2D eigenvalue weighted by Crippen LogP contribution is 2.41. The smallest absolute Gasteiger partial charge is 0.159 e. The van der Waals surface area contributed by atoms with Crippen LogP contribution in [-0.2, 0) is 0 Å². The number of fused-ring (bicyclic) bond motifs is 7. The van der Waals surface area contributed by atoms with E-state index in [4.69, 9.17) is 9.40 Å². The summed E-state index contributed by atoms with van der Waals surface area (Å²) in [4.78, 5) is 5.04. The second kappa shape index (κ2) is 13.3. The quantitative estimate of drug-likeness (QED) is 0.169. The molecule has 0 spiro atoms. The lowest BCUT2D eigenvalue weighted by Gasteiger charge is -2.11. The Bertz CT molecular complexity index is 3430. The molecule has 0 N–H and O–H groups in total. The number of rotatable bonds is 6. The van der Waals surface area contributed by atoms with Crippen LogP contribution < -0.4 is 0 Å². The van der Waals surface area contributed by atoms with Crippen molar-refractivity contribution in [1.29, 1.82) is 0 Å². The molecule has 0 aliphatic heterocycles. The molecule has 9 aromatic carbocycles. The molecule has 4 nitrogen and oxygen atoms in total. The van der Waals surface area contributed by atoms with E-state index >= 15 is 0 Å². The molecule has 0 radical (unpaired) electrons. The summed E-state index contributed by atoms with van der Waals surface area (Å²) in [6.07, 6.45) is 0. The van der Waals surface area contributed by atoms with Gasteiger partial charge in [0.25, 0.3) is 0 Å². The first-order chi connectivity index (χ1) is 29.2. The number of benzene rings is 9. The van der Waals surface area contributed by atoms with E-state index in [1.54, 1.807) is 0 Å². The minimum Gasteiger partial charge on any atom is -0.454 e. The normalized spacial score (nSPS) is 11.7. The molecule has 276 valence electrons. The van der Waals surface area contributed by atoms with Crippen LogP contribution in [-0.4, -0.2) is 14.1 Å². The first-order valence-electron chi connectivity index (χ1n) is 20.0. The third-order valence-electron chi connectivity index (χ3n) is 11.8. The van der Waals surface area contributed by atoms with E-state index in [1.165, 1.54) is 33.0 Å². The molecule has 12 rings (SSSR count). The highest BCUT2D eigenvalue weighted by Gasteiger charge is 2.20. The average molecular weight is 754 g/mol. The Balaban J connectivity index is 1.00. The molecule has 0 bridgehead atoms. The summed E-state index contributed by atoms with van der Waals surface area (Å²) < 4.78 is 11.6. The third-order valence-corrected chi connectivity index (χ3v) is 11.8. The lowest BCUT2D eigenvalue weighted by Crippen LogP contribution is -1.97. The molecule has 3 aromatic heterocycles. The van der Waals surface area contributed by atoms with Gasteiger partial charge >= 0.3 is 0 Å². The standard InChI is InChI=1S/C55H35N3O/c1-4-13-36(14-5-1)40-25-30-44-45-31-26-41(37-15-6-2-7-16-37)34-52(45)58(51(44)33-40)50-22-12-19-47-46-32-27-42(35-53(46)59-54(47)50)38-23-28-43(29-24-38)57-49-21-11-10-20-48(49)56-55(57)39-17-8-3-9-18-39/h1-35H. The van der Waals surface area contributed by atoms with Crippen LogP contribution >= 0.6 is 0 Å². The average Bonchev–Trinajstić information content (AvgIpc) is 3.99. The molecule has 0 saturated carbocycles. The van der Waals surface area contributed by atoms with E-state index in [1.807, 2.05) is 12.1 Å². The Morgan fingerprint density at radius 3 is 1.51 bits per heavy atom. The van der Waals surface area contributed by atoms with Gasteiger partial charge in [-0.1, -0.05) is 158 Å². The zero-order valence-corrected chi connectivity index (χ0v) is 32.0. The van der Waals surface area contributed by atoms with Crippen LogP contribution in [0.4, 0.5) is 0 Å². The fourth-order valence-electron chi connectivity index (χ4n) is 8.91. The van der Waals surface area contributed by atoms with Crippen LogP contribution in [0.3, 0.4) is 0 Å². The Kier molecular flexibility index (Phi) is 7.50. The van der Waals surface area contributed by atoms with Crippen LogP contribution in [0, 0.1) is 0 Å². The van der Waals surface area contributed by atoms with Gasteiger partial charge in [0.15, 0.2) is 5.58 Å². The largest absolute Gasteiger partial charge is 0.454 e. The van der Waals surface area contributed by atoms with Crippen molar-refractivity contribution in [3.63, 3.8) is 0 Å². The lowest BCUT2D eigenvalue weighted by atomic mass is 10.0. The molecule has 3 heterocycles. The van der Waals surface area contributed by atoms with Gasteiger partial charge in [-0.25, -0.2) is 4.98 Å². The Hall–Kier alpha value is -7.95. The molecule has 0 amide bonds. The SMILES string of the molecule is c1ccc(-c2ccc3c4ccc(-c5ccccc5)cc4n(-c4cccc5c4oc4cc(-c6ccc(-n7c(-c8ccccc8)nc8ccccc87)cc6)ccc45)c3c2)cc1. The Morgan fingerprint density at radius 1 is 0.339 bits per heavy atom. The second-order valence-electron chi connectivity index (χ2n) is 15.2. The van der Waals surface area contributed by atoms with Gasteiger partial charge in [-0.3, -0.25) is 4.57 Å². The van der Waals surface area contributed by atoms with E-state index in [2.05, 4.69) is 209 Å². The molecule has 0 atom stereocenters. The summed E-state index contributed by atoms with van der Waals surface area (Å²) in [6, 6.07) is 75.5. The predicted molar refractivity (Wildman–Crippen MR) is 244 cm³/mol. The molecule has 0 saturated heterocycles. The topological polar surface area (TPSA) is 35.9 Å². The summed E-state index contributed by atoms with van der Waals surface area (Å²) in [7, 11) is 0. The molecule has 59 heavy (non-hydrogen) atoms. The summed E-state index contributed by atoms with van der Waals surface area (Å²) in [5, 5.41) is 4.60. The maximum absolute atomic E-state index is 6.96. The van der Waals surface area contributed by atoms with Crippen molar-refractivity contribution in [3.8, 4) is 56.1 Å². The van der Waals surface area contributed by atoms with Crippen molar-refractivity contribution >= 4 is 54.8 Å². The number of nitrogens with zero attached hydrogens (tertiary/aromatic N) is 3. The van der Waals surface area contributed by atoms with Gasteiger partial charge in [0.05, 0.1) is 27.8 Å². The molecule has 0 fully saturated rings. The fraction of sp³-hybridized carbons (Fsp3) is 0. The highest BCUT2D eigenvalue weighted by molar-refractivity contribution is 6.14.